The van der Waals surface area contributed by atoms with Crippen LogP contribution in [-0.4, -0.2) is 20.1 Å². The zero-order valence-corrected chi connectivity index (χ0v) is 14.2. The summed E-state index contributed by atoms with van der Waals surface area (Å²) >= 11 is 5.73. The van der Waals surface area contributed by atoms with Crippen LogP contribution >= 0.6 is 11.6 Å². The summed E-state index contributed by atoms with van der Waals surface area (Å²) in [6.07, 6.45) is -5.88. The summed E-state index contributed by atoms with van der Waals surface area (Å²) in [5, 5.41) is 17.8. The fourth-order valence-corrected chi connectivity index (χ4v) is 2.76. The van der Waals surface area contributed by atoms with Crippen LogP contribution in [0.1, 0.15) is 17.2 Å². The first-order valence-electron chi connectivity index (χ1n) is 6.90. The summed E-state index contributed by atoms with van der Waals surface area (Å²) in [5.74, 6) is 0. The van der Waals surface area contributed by atoms with Crippen molar-refractivity contribution < 1.29 is 26.7 Å². The van der Waals surface area contributed by atoms with Crippen molar-refractivity contribution in [3.05, 3.63) is 58.6 Å². The molecule has 10 heteroatoms. The smallest absolute Gasteiger partial charge is 0.387 e. The van der Waals surface area contributed by atoms with Gasteiger partial charge in [0.15, 0.2) is 0 Å². The Morgan fingerprint density at radius 3 is 2.28 bits per heavy atom. The standard InChI is InChI=1S/C15H14ClF3N2O3S/c16-10-3-1-9(2-4-10)14(22)8-21-13-6-5-11(25(20,23)24)7-12(13)15(17,18)19/h1-7,14,21-22H,8H2,(H2,20,23,24)/t14-/m1/s1. The Hall–Kier alpha value is -1.81. The Kier molecular flexibility index (Phi) is 5.62. The summed E-state index contributed by atoms with van der Waals surface area (Å²) in [6, 6.07) is 8.54. The van der Waals surface area contributed by atoms with Crippen LogP contribution in [-0.2, 0) is 16.2 Å². The molecule has 1 atom stereocenters. The molecule has 0 aliphatic carbocycles. The molecule has 0 bridgehead atoms. The number of hydrogen-bond acceptors (Lipinski definition) is 4. The van der Waals surface area contributed by atoms with Gasteiger partial charge in [-0.3, -0.25) is 0 Å². The van der Waals surface area contributed by atoms with E-state index >= 15 is 0 Å². The van der Waals surface area contributed by atoms with Gasteiger partial charge in [-0.05, 0) is 35.9 Å². The maximum absolute atomic E-state index is 13.2. The minimum atomic E-state index is -4.80. The first kappa shape index (κ1) is 19.5. The van der Waals surface area contributed by atoms with Crippen molar-refractivity contribution in [2.45, 2.75) is 17.2 Å². The van der Waals surface area contributed by atoms with E-state index < -0.39 is 32.8 Å². The number of anilines is 1. The molecule has 0 amide bonds. The molecule has 0 unspecified atom stereocenters. The molecule has 0 aromatic heterocycles. The minimum absolute atomic E-state index is 0.223. The predicted octanol–water partition coefficient (Wildman–Crippen LogP) is 3.15. The van der Waals surface area contributed by atoms with Gasteiger partial charge in [-0.1, -0.05) is 23.7 Å². The van der Waals surface area contributed by atoms with E-state index in [1.807, 2.05) is 0 Å². The number of hydrogen-bond donors (Lipinski definition) is 3. The van der Waals surface area contributed by atoms with Crippen LogP contribution in [0.2, 0.25) is 5.02 Å². The molecule has 0 saturated heterocycles. The Labute approximate surface area is 147 Å². The number of halogens is 4. The van der Waals surface area contributed by atoms with Crippen LogP contribution in [0, 0.1) is 0 Å². The van der Waals surface area contributed by atoms with E-state index in [1.165, 1.54) is 0 Å². The van der Waals surface area contributed by atoms with Gasteiger partial charge in [-0.25, -0.2) is 13.6 Å². The highest BCUT2D eigenvalue weighted by Gasteiger charge is 2.34. The van der Waals surface area contributed by atoms with Crippen molar-refractivity contribution in [2.24, 2.45) is 5.14 Å². The van der Waals surface area contributed by atoms with Gasteiger partial charge in [0.05, 0.1) is 16.6 Å². The van der Waals surface area contributed by atoms with E-state index in [0.29, 0.717) is 16.7 Å². The molecule has 2 rings (SSSR count). The van der Waals surface area contributed by atoms with Gasteiger partial charge in [0.25, 0.3) is 0 Å². The number of aliphatic hydroxyl groups excluding tert-OH is 1. The molecular formula is C15H14ClF3N2O3S. The SMILES string of the molecule is NS(=O)(=O)c1ccc(NC[C@@H](O)c2ccc(Cl)cc2)c(C(F)(F)F)c1. The van der Waals surface area contributed by atoms with Crippen LogP contribution < -0.4 is 10.5 Å². The second-order valence-electron chi connectivity index (χ2n) is 5.20. The lowest BCUT2D eigenvalue weighted by Crippen LogP contribution is -2.18. The first-order chi connectivity index (χ1) is 11.5. The third-order valence-corrected chi connectivity index (χ3v) is 4.53. The van der Waals surface area contributed by atoms with Gasteiger partial charge in [0.1, 0.15) is 0 Å². The van der Waals surface area contributed by atoms with Crippen LogP contribution in [0.15, 0.2) is 47.4 Å². The predicted molar refractivity (Wildman–Crippen MR) is 87.7 cm³/mol. The van der Waals surface area contributed by atoms with Crippen LogP contribution in [0.5, 0.6) is 0 Å². The number of rotatable bonds is 5. The molecule has 0 radical (unpaired) electrons. The summed E-state index contributed by atoms with van der Waals surface area (Å²) in [6.45, 7) is -0.223. The Balaban J connectivity index is 2.25. The van der Waals surface area contributed by atoms with Crippen molar-refractivity contribution in [3.63, 3.8) is 0 Å². The summed E-state index contributed by atoms with van der Waals surface area (Å²) in [4.78, 5) is -0.649. The largest absolute Gasteiger partial charge is 0.418 e. The lowest BCUT2D eigenvalue weighted by molar-refractivity contribution is -0.137. The molecule has 0 spiro atoms. The zero-order valence-electron chi connectivity index (χ0n) is 12.6. The molecule has 5 nitrogen and oxygen atoms in total. The second-order valence-corrected chi connectivity index (χ2v) is 7.20. The molecule has 2 aromatic carbocycles. The van der Waals surface area contributed by atoms with E-state index in [9.17, 15) is 26.7 Å². The number of benzene rings is 2. The number of nitrogens with one attached hydrogen (secondary N) is 1. The van der Waals surface area contributed by atoms with Crippen LogP contribution in [0.25, 0.3) is 0 Å². The van der Waals surface area contributed by atoms with Crippen molar-refractivity contribution in [3.8, 4) is 0 Å². The number of primary sulfonamides is 1. The van der Waals surface area contributed by atoms with Crippen molar-refractivity contribution in [1.29, 1.82) is 0 Å². The normalized spacial score (nSPS) is 13.5. The molecule has 0 aliphatic heterocycles. The minimum Gasteiger partial charge on any atom is -0.387 e. The number of nitrogens with two attached hydrogens (primary N) is 1. The molecule has 136 valence electrons. The van der Waals surface area contributed by atoms with Crippen molar-refractivity contribution >= 4 is 27.3 Å². The third kappa shape index (κ3) is 5.08. The maximum Gasteiger partial charge on any atom is 0.418 e. The van der Waals surface area contributed by atoms with Gasteiger partial charge in [-0.2, -0.15) is 13.2 Å². The summed E-state index contributed by atoms with van der Waals surface area (Å²) in [5.41, 5.74) is -1.10. The lowest BCUT2D eigenvalue weighted by Gasteiger charge is -2.18. The van der Waals surface area contributed by atoms with Crippen LogP contribution in [0.3, 0.4) is 0 Å². The molecule has 0 aliphatic rings. The highest BCUT2D eigenvalue weighted by molar-refractivity contribution is 7.89. The van der Waals surface area contributed by atoms with Crippen LogP contribution in [0.4, 0.5) is 18.9 Å². The Bertz CT molecular complexity index is 855. The Morgan fingerprint density at radius 2 is 1.76 bits per heavy atom. The zero-order chi connectivity index (χ0) is 18.8. The van der Waals surface area contributed by atoms with E-state index in [2.05, 4.69) is 5.32 Å². The lowest BCUT2D eigenvalue weighted by atomic mass is 10.1. The van der Waals surface area contributed by atoms with Gasteiger partial charge < -0.3 is 10.4 Å². The summed E-state index contributed by atoms with van der Waals surface area (Å²) in [7, 11) is -4.27. The molecular weight excluding hydrogens is 381 g/mol. The number of alkyl halides is 3. The van der Waals surface area contributed by atoms with Gasteiger partial charge in [0.2, 0.25) is 10.0 Å². The third-order valence-electron chi connectivity index (χ3n) is 3.37. The maximum atomic E-state index is 13.2. The Morgan fingerprint density at radius 1 is 1.16 bits per heavy atom. The average molecular weight is 395 g/mol. The number of aliphatic hydroxyl groups is 1. The van der Waals surface area contributed by atoms with Gasteiger partial charge in [-0.15, -0.1) is 0 Å². The van der Waals surface area contributed by atoms with Gasteiger partial charge >= 0.3 is 6.18 Å². The highest BCUT2D eigenvalue weighted by atomic mass is 35.5. The first-order valence-corrected chi connectivity index (χ1v) is 8.82. The van der Waals surface area contributed by atoms with Crippen molar-refractivity contribution in [2.75, 3.05) is 11.9 Å². The van der Waals surface area contributed by atoms with Gasteiger partial charge in [0, 0.05) is 17.3 Å². The molecule has 4 N–H and O–H groups in total. The average Bonchev–Trinajstić information content (AvgIpc) is 2.51. The second kappa shape index (κ2) is 7.20. The highest BCUT2D eigenvalue weighted by Crippen LogP contribution is 2.36. The fourth-order valence-electron chi connectivity index (χ4n) is 2.10. The fraction of sp³-hybridized carbons (Fsp3) is 0.200. The monoisotopic (exact) mass is 394 g/mol. The molecule has 0 fully saturated rings. The van der Waals surface area contributed by atoms with E-state index in [1.54, 1.807) is 24.3 Å². The molecule has 0 heterocycles. The molecule has 0 saturated carbocycles. The van der Waals surface area contributed by atoms with E-state index in [4.69, 9.17) is 16.7 Å². The van der Waals surface area contributed by atoms with E-state index in [0.717, 1.165) is 12.1 Å². The topological polar surface area (TPSA) is 92.4 Å². The summed E-state index contributed by atoms with van der Waals surface area (Å²) < 4.78 is 61.9. The quantitative estimate of drug-likeness (QED) is 0.726. The molecule has 25 heavy (non-hydrogen) atoms. The number of sulfonamides is 1. The molecule has 2 aromatic rings. The van der Waals surface area contributed by atoms with Crippen molar-refractivity contribution in [1.82, 2.24) is 0 Å². The van der Waals surface area contributed by atoms with E-state index in [-0.39, 0.29) is 12.2 Å².